The van der Waals surface area contributed by atoms with Crippen molar-refractivity contribution in [2.45, 2.75) is 25.5 Å². The van der Waals surface area contributed by atoms with E-state index in [0.29, 0.717) is 6.61 Å². The van der Waals surface area contributed by atoms with Crippen molar-refractivity contribution < 1.29 is 9.47 Å². The number of methoxy groups -OCH3 is 1. The van der Waals surface area contributed by atoms with Crippen LogP contribution in [0, 0.1) is 11.7 Å². The molecule has 1 aromatic carbocycles. The fraction of sp³-hybridized carbons (Fsp3) is 0.500. The molecule has 1 aromatic heterocycles. The highest BCUT2D eigenvalue weighted by Crippen LogP contribution is 2.27. The molecule has 5 heteroatoms. The van der Waals surface area contributed by atoms with Crippen molar-refractivity contribution in [2.75, 3.05) is 20.3 Å². The first-order chi connectivity index (χ1) is 9.13. The average Bonchev–Trinajstić information content (AvgIpc) is 2.96. The van der Waals surface area contributed by atoms with Crippen molar-refractivity contribution in [1.82, 2.24) is 9.55 Å². The summed E-state index contributed by atoms with van der Waals surface area (Å²) in [5.74, 6) is 0. The van der Waals surface area contributed by atoms with Gasteiger partial charge in [0.05, 0.1) is 24.2 Å². The molecule has 1 N–H and O–H groups in total. The van der Waals surface area contributed by atoms with Crippen molar-refractivity contribution in [3.05, 3.63) is 28.5 Å². The Labute approximate surface area is 117 Å². The lowest BCUT2D eigenvalue weighted by atomic mass is 10.0. The Bertz CT molecular complexity index is 653. The number of rotatable bonds is 3. The van der Waals surface area contributed by atoms with Gasteiger partial charge in [0.2, 0.25) is 0 Å². The van der Waals surface area contributed by atoms with E-state index in [2.05, 4.69) is 34.7 Å². The highest BCUT2D eigenvalue weighted by molar-refractivity contribution is 7.71. The summed E-state index contributed by atoms with van der Waals surface area (Å²) in [6, 6.07) is 6.33. The molecule has 19 heavy (non-hydrogen) atoms. The van der Waals surface area contributed by atoms with E-state index in [9.17, 15) is 0 Å². The predicted octanol–water partition coefficient (Wildman–Crippen LogP) is 2.81. The zero-order chi connectivity index (χ0) is 13.5. The van der Waals surface area contributed by atoms with Crippen LogP contribution in [0.3, 0.4) is 0 Å². The molecule has 0 saturated carbocycles. The largest absolute Gasteiger partial charge is 0.378 e. The van der Waals surface area contributed by atoms with Crippen LogP contribution in [0.15, 0.2) is 18.2 Å². The highest BCUT2D eigenvalue weighted by Gasteiger charge is 2.35. The van der Waals surface area contributed by atoms with Gasteiger partial charge >= 0.3 is 0 Å². The quantitative estimate of drug-likeness (QED) is 0.878. The number of ether oxygens (including phenoxy) is 2. The number of hydrogen-bond donors (Lipinski definition) is 1. The molecule has 0 amide bonds. The average molecular weight is 278 g/mol. The summed E-state index contributed by atoms with van der Waals surface area (Å²) in [6.07, 6.45) is 0.907. The minimum Gasteiger partial charge on any atom is -0.378 e. The number of benzene rings is 1. The zero-order valence-corrected chi connectivity index (χ0v) is 12.0. The minimum atomic E-state index is -0.252. The van der Waals surface area contributed by atoms with E-state index in [0.717, 1.165) is 35.4 Å². The first-order valence-corrected chi connectivity index (χ1v) is 6.86. The molecule has 4 nitrogen and oxygen atoms in total. The number of aryl methyl sites for hydroxylation is 1. The second-order valence-electron chi connectivity index (χ2n) is 5.23. The maximum Gasteiger partial charge on any atom is 0.178 e. The van der Waals surface area contributed by atoms with Gasteiger partial charge in [0.25, 0.3) is 0 Å². The first-order valence-electron chi connectivity index (χ1n) is 6.46. The van der Waals surface area contributed by atoms with E-state index < -0.39 is 0 Å². The lowest BCUT2D eigenvalue weighted by molar-refractivity contribution is -0.0290. The van der Waals surface area contributed by atoms with Crippen LogP contribution in [0.2, 0.25) is 0 Å². The summed E-state index contributed by atoms with van der Waals surface area (Å²) in [5.41, 5.74) is 3.17. The Balaban J connectivity index is 2.05. The van der Waals surface area contributed by atoms with E-state index in [-0.39, 0.29) is 5.60 Å². The maximum absolute atomic E-state index is 5.69. The summed E-state index contributed by atoms with van der Waals surface area (Å²) >= 11 is 5.44. The lowest BCUT2D eigenvalue weighted by Crippen LogP contribution is -2.37. The summed E-state index contributed by atoms with van der Waals surface area (Å²) in [4.78, 5) is 3.26. The van der Waals surface area contributed by atoms with Gasteiger partial charge in [-0.05, 0) is 36.8 Å². The SMILES string of the molecule is COC1(Cn2c(=S)[nH]c3cc(C)ccc32)CCOC1. The van der Waals surface area contributed by atoms with E-state index >= 15 is 0 Å². The molecule has 1 aliphatic heterocycles. The van der Waals surface area contributed by atoms with Crippen LogP contribution >= 0.6 is 12.2 Å². The number of aromatic amines is 1. The third-order valence-electron chi connectivity index (χ3n) is 3.88. The van der Waals surface area contributed by atoms with E-state index in [1.807, 2.05) is 0 Å². The third-order valence-corrected chi connectivity index (χ3v) is 4.20. The Morgan fingerprint density at radius 2 is 2.37 bits per heavy atom. The number of imidazole rings is 1. The van der Waals surface area contributed by atoms with Crippen LogP contribution in [-0.2, 0) is 16.0 Å². The Morgan fingerprint density at radius 3 is 3.05 bits per heavy atom. The number of nitrogens with one attached hydrogen (secondary N) is 1. The van der Waals surface area contributed by atoms with E-state index in [4.69, 9.17) is 21.7 Å². The molecule has 0 aliphatic carbocycles. The fourth-order valence-electron chi connectivity index (χ4n) is 2.66. The van der Waals surface area contributed by atoms with Crippen LogP contribution in [0.5, 0.6) is 0 Å². The van der Waals surface area contributed by atoms with Crippen LogP contribution < -0.4 is 0 Å². The molecule has 1 saturated heterocycles. The Hall–Kier alpha value is -1.17. The van der Waals surface area contributed by atoms with E-state index in [1.165, 1.54) is 5.56 Å². The Kier molecular flexibility index (Phi) is 3.20. The van der Waals surface area contributed by atoms with Gasteiger partial charge < -0.3 is 19.0 Å². The molecule has 2 aromatic rings. The van der Waals surface area contributed by atoms with Crippen molar-refractivity contribution in [1.29, 1.82) is 0 Å². The van der Waals surface area contributed by atoms with Gasteiger partial charge in [0.15, 0.2) is 4.77 Å². The minimum absolute atomic E-state index is 0.252. The molecule has 3 rings (SSSR count). The predicted molar refractivity (Wildman–Crippen MR) is 77.0 cm³/mol. The molecule has 0 bridgehead atoms. The van der Waals surface area contributed by atoms with Gasteiger partial charge in [-0.25, -0.2) is 0 Å². The van der Waals surface area contributed by atoms with Gasteiger partial charge in [-0.1, -0.05) is 6.07 Å². The monoisotopic (exact) mass is 278 g/mol. The number of nitrogens with zero attached hydrogens (tertiary/aromatic N) is 1. The summed E-state index contributed by atoms with van der Waals surface area (Å²) in [5, 5.41) is 0. The molecule has 1 atom stereocenters. The molecule has 1 unspecified atom stereocenters. The zero-order valence-electron chi connectivity index (χ0n) is 11.2. The number of hydrogen-bond acceptors (Lipinski definition) is 3. The Morgan fingerprint density at radius 1 is 1.53 bits per heavy atom. The summed E-state index contributed by atoms with van der Waals surface area (Å²) in [7, 11) is 1.75. The van der Waals surface area contributed by atoms with Crippen LogP contribution in [0.1, 0.15) is 12.0 Å². The molecule has 2 heterocycles. The molecule has 102 valence electrons. The van der Waals surface area contributed by atoms with E-state index in [1.54, 1.807) is 7.11 Å². The normalized spacial score (nSPS) is 23.3. The molecular weight excluding hydrogens is 260 g/mol. The van der Waals surface area contributed by atoms with Crippen molar-refractivity contribution >= 4 is 23.3 Å². The topological polar surface area (TPSA) is 39.2 Å². The van der Waals surface area contributed by atoms with Gasteiger partial charge in [0, 0.05) is 20.1 Å². The van der Waals surface area contributed by atoms with Gasteiger partial charge in [-0.15, -0.1) is 0 Å². The first kappa shape index (κ1) is 12.8. The van der Waals surface area contributed by atoms with Crippen molar-refractivity contribution in [2.24, 2.45) is 0 Å². The van der Waals surface area contributed by atoms with Crippen LogP contribution in [0.4, 0.5) is 0 Å². The van der Waals surface area contributed by atoms with Crippen molar-refractivity contribution in [3.8, 4) is 0 Å². The molecule has 1 fully saturated rings. The smallest absolute Gasteiger partial charge is 0.178 e. The molecule has 0 spiro atoms. The van der Waals surface area contributed by atoms with Crippen molar-refractivity contribution in [3.63, 3.8) is 0 Å². The van der Waals surface area contributed by atoms with Crippen LogP contribution in [-0.4, -0.2) is 35.5 Å². The molecule has 1 aliphatic rings. The van der Waals surface area contributed by atoms with Gasteiger partial charge in [-0.3, -0.25) is 0 Å². The number of fused-ring (bicyclic) bond motifs is 1. The highest BCUT2D eigenvalue weighted by atomic mass is 32.1. The summed E-state index contributed by atoms with van der Waals surface area (Å²) < 4.78 is 14.0. The summed E-state index contributed by atoms with van der Waals surface area (Å²) in [6.45, 7) is 4.19. The maximum atomic E-state index is 5.69. The molecular formula is C14H18N2O2S. The number of aromatic nitrogens is 2. The number of H-pyrrole nitrogens is 1. The lowest BCUT2D eigenvalue weighted by Gasteiger charge is -2.26. The van der Waals surface area contributed by atoms with Gasteiger partial charge in [0.1, 0.15) is 5.60 Å². The van der Waals surface area contributed by atoms with Crippen LogP contribution in [0.25, 0.3) is 11.0 Å². The molecule has 0 radical (unpaired) electrons. The second kappa shape index (κ2) is 4.74. The van der Waals surface area contributed by atoms with Gasteiger partial charge in [-0.2, -0.15) is 0 Å². The fourth-order valence-corrected chi connectivity index (χ4v) is 2.93. The standard InChI is InChI=1S/C14H18N2O2S/c1-10-3-4-12-11(7-10)15-13(19)16(12)8-14(17-2)5-6-18-9-14/h3-4,7H,5-6,8-9H2,1-2H3,(H,15,19). The second-order valence-corrected chi connectivity index (χ2v) is 5.61. The third kappa shape index (κ3) is 2.22.